The van der Waals surface area contributed by atoms with E-state index in [1.165, 1.54) is 51.4 Å². The highest BCUT2D eigenvalue weighted by Gasteiger charge is 2.80. The van der Waals surface area contributed by atoms with Crippen molar-refractivity contribution in [3.05, 3.63) is 0 Å². The number of alkyl halides is 1. The number of rotatable bonds is 8. The Morgan fingerprint density at radius 2 is 1.72 bits per heavy atom. The number of ether oxygens (including phenoxy) is 4. The van der Waals surface area contributed by atoms with Crippen LogP contribution in [0.2, 0.25) is 0 Å². The summed E-state index contributed by atoms with van der Waals surface area (Å²) in [7, 11) is 0. The van der Waals surface area contributed by atoms with Crippen LogP contribution in [0.25, 0.3) is 0 Å². The van der Waals surface area contributed by atoms with Crippen molar-refractivity contribution in [2.24, 2.45) is 51.2 Å². The zero-order valence-corrected chi connectivity index (χ0v) is 31.8. The topological polar surface area (TPSA) is 63.7 Å². The molecule has 0 aromatic carbocycles. The summed E-state index contributed by atoms with van der Waals surface area (Å²) >= 11 is 0. The van der Waals surface area contributed by atoms with Gasteiger partial charge in [0.15, 0.2) is 6.29 Å². The summed E-state index contributed by atoms with van der Waals surface area (Å²) in [4.78, 5) is 19.4. The molecule has 4 saturated heterocycles. The van der Waals surface area contributed by atoms with Crippen LogP contribution in [0.4, 0.5) is 9.18 Å². The van der Waals surface area contributed by atoms with Gasteiger partial charge in [-0.15, -0.1) is 0 Å². The van der Waals surface area contributed by atoms with E-state index in [1.54, 1.807) is 0 Å². The number of carbonyl (C=O) groups is 1. The van der Waals surface area contributed by atoms with Crippen LogP contribution in [-0.2, 0) is 18.9 Å². The number of hydrogen-bond acceptors (Lipinski definition) is 7. The molecule has 8 nitrogen and oxygen atoms in total. The standard InChI is InChI=1S/C41H66FN3O5/c1-26(2)36(50-37(46)44-16-6-17-44)31-9-7-29-32(48-31)21-30-28-8-10-33-38(3,4)34(11-12-41(33)25-40(28,41)14-13-39(29,30)5)49-35-24-45(19-20-47-35)27-22-43(23-27)18-15-42/h26-36H,6-25H2,1-5H3/t28?,29?,30?,31?,32?,33?,34-,35?,36+,39+,40-,41?/m0/s1. The van der Waals surface area contributed by atoms with Crippen LogP contribution in [0, 0.1) is 51.2 Å². The van der Waals surface area contributed by atoms with Crippen LogP contribution in [-0.4, -0.2) is 117 Å². The molecule has 9 rings (SSSR count). The van der Waals surface area contributed by atoms with Crippen molar-refractivity contribution >= 4 is 6.09 Å². The Kier molecular flexibility index (Phi) is 8.71. The summed E-state index contributed by atoms with van der Waals surface area (Å²) in [5, 5.41) is 0. The normalized spacial score (nSPS) is 47.5. The summed E-state index contributed by atoms with van der Waals surface area (Å²) in [5.74, 6) is 3.16. The fourth-order valence-electron chi connectivity index (χ4n) is 14.4. The lowest BCUT2D eigenvalue weighted by Gasteiger charge is -2.60. The van der Waals surface area contributed by atoms with Crippen LogP contribution in [0.1, 0.15) is 105 Å². The summed E-state index contributed by atoms with van der Waals surface area (Å²) in [6, 6.07) is 0.512. The lowest BCUT2D eigenvalue weighted by atomic mass is 9.46. The molecule has 0 aromatic rings. The molecule has 2 spiro atoms. The second-order valence-corrected chi connectivity index (χ2v) is 19.8. The van der Waals surface area contributed by atoms with Crippen molar-refractivity contribution in [1.29, 1.82) is 0 Å². The minimum atomic E-state index is -0.253. The maximum absolute atomic E-state index is 12.8. The summed E-state index contributed by atoms with van der Waals surface area (Å²) in [6.45, 7) is 18.5. The summed E-state index contributed by atoms with van der Waals surface area (Å²) in [5.41, 5.74) is 1.49. The van der Waals surface area contributed by atoms with Crippen LogP contribution in [0.15, 0.2) is 0 Å². The SMILES string of the molecule is CC(C)[C@@H](OC(=O)N1CCC1)C1CCC2C(CC3C4CCC5C(C)(C)[C@@H](OC6CN(C7CN(CCF)C7)CCO6)CCC56C[C@@]46CC[C@]23C)O1. The largest absolute Gasteiger partial charge is 0.443 e. The minimum absolute atomic E-state index is 0.0169. The zero-order valence-electron chi connectivity index (χ0n) is 31.8. The number of hydrogen-bond donors (Lipinski definition) is 0. The van der Waals surface area contributed by atoms with Crippen molar-refractivity contribution in [3.63, 3.8) is 0 Å². The average Bonchev–Trinajstić information content (AvgIpc) is 3.61. The molecule has 0 radical (unpaired) electrons. The van der Waals surface area contributed by atoms with Gasteiger partial charge in [-0.2, -0.15) is 0 Å². The Balaban J connectivity index is 0.853. The number of likely N-dealkylation sites (tertiary alicyclic amines) is 2. The van der Waals surface area contributed by atoms with Gasteiger partial charge in [-0.25, -0.2) is 9.18 Å². The van der Waals surface area contributed by atoms with Gasteiger partial charge in [0, 0.05) is 51.9 Å². The third-order valence-corrected chi connectivity index (χ3v) is 17.2. The highest BCUT2D eigenvalue weighted by molar-refractivity contribution is 5.68. The van der Waals surface area contributed by atoms with Crippen LogP contribution in [0.3, 0.4) is 0 Å². The van der Waals surface area contributed by atoms with Crippen LogP contribution < -0.4 is 0 Å². The predicted molar refractivity (Wildman–Crippen MR) is 189 cm³/mol. The first-order chi connectivity index (χ1) is 24.0. The smallest absolute Gasteiger partial charge is 0.410 e. The Morgan fingerprint density at radius 1 is 0.920 bits per heavy atom. The molecule has 4 heterocycles. The number of fused-ring (bicyclic) bond motifs is 4. The molecule has 5 saturated carbocycles. The molecular formula is C41H66FN3O5. The minimum Gasteiger partial charge on any atom is -0.443 e. The molecule has 9 fully saturated rings. The maximum Gasteiger partial charge on any atom is 0.410 e. The molecule has 50 heavy (non-hydrogen) atoms. The van der Waals surface area contributed by atoms with E-state index in [0.717, 1.165) is 77.0 Å². The predicted octanol–water partition coefficient (Wildman–Crippen LogP) is 6.76. The van der Waals surface area contributed by atoms with Gasteiger partial charge in [0.1, 0.15) is 12.8 Å². The molecule has 282 valence electrons. The molecule has 8 unspecified atom stereocenters. The number of nitrogens with zero attached hydrogens (tertiary/aromatic N) is 3. The van der Waals surface area contributed by atoms with Crippen LogP contribution in [0.5, 0.6) is 0 Å². The molecule has 9 aliphatic rings. The first-order valence-electron chi connectivity index (χ1n) is 20.9. The molecule has 12 atom stereocenters. The van der Waals surface area contributed by atoms with Crippen molar-refractivity contribution in [2.45, 2.75) is 142 Å². The average molecular weight is 700 g/mol. The Hall–Kier alpha value is -1.00. The molecule has 0 aromatic heterocycles. The van der Waals surface area contributed by atoms with Gasteiger partial charge >= 0.3 is 6.09 Å². The fourth-order valence-corrected chi connectivity index (χ4v) is 14.4. The van der Waals surface area contributed by atoms with E-state index in [1.807, 2.05) is 4.90 Å². The third-order valence-electron chi connectivity index (χ3n) is 17.2. The number of halogens is 1. The molecule has 1 amide bonds. The van der Waals surface area contributed by atoms with E-state index < -0.39 is 0 Å². The molecule has 0 bridgehead atoms. The quantitative estimate of drug-likeness (QED) is 0.278. The van der Waals surface area contributed by atoms with Crippen LogP contribution >= 0.6 is 0 Å². The Morgan fingerprint density at radius 3 is 2.46 bits per heavy atom. The van der Waals surface area contributed by atoms with Crippen molar-refractivity contribution in [1.82, 2.24) is 14.7 Å². The second-order valence-electron chi connectivity index (χ2n) is 19.8. The number of amides is 1. The van der Waals surface area contributed by atoms with E-state index >= 15 is 0 Å². The van der Waals surface area contributed by atoms with E-state index in [9.17, 15) is 9.18 Å². The molecule has 5 aliphatic carbocycles. The summed E-state index contributed by atoms with van der Waals surface area (Å²) < 4.78 is 39.3. The Labute approximate surface area is 300 Å². The van der Waals surface area contributed by atoms with E-state index in [-0.39, 0.29) is 48.7 Å². The monoisotopic (exact) mass is 699 g/mol. The van der Waals surface area contributed by atoms with Gasteiger partial charge in [-0.05, 0) is 122 Å². The van der Waals surface area contributed by atoms with E-state index in [2.05, 4.69) is 44.4 Å². The van der Waals surface area contributed by atoms with Gasteiger partial charge in [-0.1, -0.05) is 34.6 Å². The number of morpholine rings is 1. The van der Waals surface area contributed by atoms with Crippen molar-refractivity contribution in [3.8, 4) is 0 Å². The Bertz CT molecular complexity index is 1290. The first kappa shape index (κ1) is 34.7. The second kappa shape index (κ2) is 12.5. The van der Waals surface area contributed by atoms with E-state index in [0.29, 0.717) is 46.8 Å². The van der Waals surface area contributed by atoms with Gasteiger partial charge in [-0.3, -0.25) is 9.80 Å². The maximum atomic E-state index is 12.8. The zero-order chi connectivity index (χ0) is 34.6. The van der Waals surface area contributed by atoms with E-state index in [4.69, 9.17) is 18.9 Å². The molecule has 0 N–H and O–H groups in total. The molecule has 4 aliphatic heterocycles. The lowest BCUT2D eigenvalue weighted by Crippen LogP contribution is -2.63. The van der Waals surface area contributed by atoms with Gasteiger partial charge in [0.25, 0.3) is 0 Å². The third kappa shape index (κ3) is 5.22. The first-order valence-corrected chi connectivity index (χ1v) is 20.9. The van der Waals surface area contributed by atoms with Crippen molar-refractivity contribution in [2.75, 3.05) is 59.1 Å². The summed E-state index contributed by atoms with van der Waals surface area (Å²) in [6.07, 6.45) is 13.9. The lowest BCUT2D eigenvalue weighted by molar-refractivity contribution is -0.250. The highest BCUT2D eigenvalue weighted by Crippen LogP contribution is 2.87. The van der Waals surface area contributed by atoms with Crippen molar-refractivity contribution < 1.29 is 28.1 Å². The van der Waals surface area contributed by atoms with Gasteiger partial charge < -0.3 is 23.8 Å². The molecule has 9 heteroatoms. The molecular weight excluding hydrogens is 633 g/mol. The van der Waals surface area contributed by atoms with Gasteiger partial charge in [0.05, 0.1) is 24.9 Å². The number of carbonyl (C=O) groups excluding carboxylic acids is 1. The fraction of sp³-hybridized carbons (Fsp3) is 0.976. The highest BCUT2D eigenvalue weighted by atomic mass is 19.1. The van der Waals surface area contributed by atoms with Gasteiger partial charge in [0.2, 0.25) is 0 Å².